The molecule has 2 aromatic carbocycles. The van der Waals surface area contributed by atoms with Gasteiger partial charge in [-0.2, -0.15) is 0 Å². The number of amides is 2. The van der Waals surface area contributed by atoms with Crippen LogP contribution in [0.5, 0.6) is 0 Å². The minimum absolute atomic E-state index is 0.0915. The van der Waals surface area contributed by atoms with Crippen LogP contribution < -0.4 is 5.32 Å². The van der Waals surface area contributed by atoms with Crippen LogP contribution in [0.3, 0.4) is 0 Å². The Morgan fingerprint density at radius 1 is 1.04 bits per heavy atom. The highest BCUT2D eigenvalue weighted by Gasteiger charge is 2.24. The maximum Gasteiger partial charge on any atom is 0.256 e. The number of rotatable bonds is 3. The number of carbonyl (C=O) groups excluding carboxylic acids is 2. The molecule has 0 unspecified atom stereocenters. The second-order valence-corrected chi connectivity index (χ2v) is 7.38. The molecule has 2 amide bonds. The Balaban J connectivity index is 1.56. The molecular formula is C23H21N3O2. The lowest BCUT2D eigenvalue weighted by atomic mass is 10.0. The Morgan fingerprint density at radius 2 is 1.79 bits per heavy atom. The molecule has 0 radical (unpaired) electrons. The summed E-state index contributed by atoms with van der Waals surface area (Å²) in [6.45, 7) is 2.03. The van der Waals surface area contributed by atoms with Gasteiger partial charge in [0.2, 0.25) is 5.91 Å². The van der Waals surface area contributed by atoms with E-state index in [0.717, 1.165) is 53.6 Å². The van der Waals surface area contributed by atoms with Crippen LogP contribution in [0.25, 0.3) is 22.6 Å². The van der Waals surface area contributed by atoms with Gasteiger partial charge in [-0.25, -0.2) is 0 Å². The van der Waals surface area contributed by atoms with Crippen LogP contribution in [-0.2, 0) is 16.1 Å². The summed E-state index contributed by atoms with van der Waals surface area (Å²) < 4.78 is 2.00. The zero-order chi connectivity index (χ0) is 19.1. The predicted molar refractivity (Wildman–Crippen MR) is 111 cm³/mol. The highest BCUT2D eigenvalue weighted by Crippen LogP contribution is 2.34. The molecule has 2 aliphatic rings. The number of aromatic nitrogens is 1. The molecule has 0 bridgehead atoms. The Hall–Kier alpha value is -3.34. The SMILES string of the molecule is O=C1Nc2ccccc2C1=Cc1cn(CC(=O)N2CCCC2)c2ccccc12. The lowest BCUT2D eigenvalue weighted by Crippen LogP contribution is -2.30. The summed E-state index contributed by atoms with van der Waals surface area (Å²) in [6.07, 6.45) is 6.09. The van der Waals surface area contributed by atoms with E-state index in [-0.39, 0.29) is 11.8 Å². The van der Waals surface area contributed by atoms with E-state index in [1.54, 1.807) is 0 Å². The number of fused-ring (bicyclic) bond motifs is 2. The first-order chi connectivity index (χ1) is 13.7. The van der Waals surface area contributed by atoms with Gasteiger partial charge in [0.05, 0.1) is 0 Å². The van der Waals surface area contributed by atoms with Crippen molar-refractivity contribution in [1.29, 1.82) is 0 Å². The first-order valence-electron chi connectivity index (χ1n) is 9.69. The van der Waals surface area contributed by atoms with Crippen molar-refractivity contribution in [2.24, 2.45) is 0 Å². The summed E-state index contributed by atoms with van der Waals surface area (Å²) in [5.41, 5.74) is 4.37. The number of anilines is 1. The summed E-state index contributed by atoms with van der Waals surface area (Å²) >= 11 is 0. The predicted octanol–water partition coefficient (Wildman–Crippen LogP) is 3.76. The van der Waals surface area contributed by atoms with Crippen LogP contribution in [0.4, 0.5) is 5.69 Å². The molecule has 3 aromatic rings. The number of likely N-dealkylation sites (tertiary alicyclic amines) is 1. The zero-order valence-corrected chi connectivity index (χ0v) is 15.5. The summed E-state index contributed by atoms with van der Waals surface area (Å²) in [5.74, 6) is 0.0626. The molecule has 1 saturated heterocycles. The van der Waals surface area contributed by atoms with Gasteiger partial charge in [0.25, 0.3) is 5.91 Å². The van der Waals surface area contributed by atoms with E-state index in [1.165, 1.54) is 0 Å². The van der Waals surface area contributed by atoms with Gasteiger partial charge in [0.15, 0.2) is 0 Å². The van der Waals surface area contributed by atoms with E-state index in [9.17, 15) is 9.59 Å². The van der Waals surface area contributed by atoms with Crippen LogP contribution >= 0.6 is 0 Å². The van der Waals surface area contributed by atoms with Gasteiger partial charge in [-0.05, 0) is 31.1 Å². The second kappa shape index (κ2) is 6.68. The van der Waals surface area contributed by atoms with E-state index in [0.29, 0.717) is 12.1 Å². The minimum Gasteiger partial charge on any atom is -0.341 e. The molecule has 3 heterocycles. The summed E-state index contributed by atoms with van der Waals surface area (Å²) in [5, 5.41) is 3.96. The van der Waals surface area contributed by atoms with Crippen molar-refractivity contribution in [1.82, 2.24) is 9.47 Å². The quantitative estimate of drug-likeness (QED) is 0.713. The smallest absolute Gasteiger partial charge is 0.256 e. The van der Waals surface area contributed by atoms with Gasteiger partial charge in [0.1, 0.15) is 6.54 Å². The first kappa shape index (κ1) is 16.8. The normalized spacial score (nSPS) is 17.4. The third-order valence-corrected chi connectivity index (χ3v) is 5.59. The van der Waals surface area contributed by atoms with Crippen LogP contribution in [0.2, 0.25) is 0 Å². The van der Waals surface area contributed by atoms with Crippen LogP contribution in [0, 0.1) is 0 Å². The van der Waals surface area contributed by atoms with Crippen molar-refractivity contribution in [3.05, 3.63) is 65.9 Å². The molecule has 1 aromatic heterocycles. The van der Waals surface area contributed by atoms with Gasteiger partial charge in [-0.15, -0.1) is 0 Å². The maximum absolute atomic E-state index is 12.7. The standard InChI is InChI=1S/C23H21N3O2/c27-22(25-11-5-6-12-25)15-26-14-16(17-7-2-4-10-21(17)26)13-19-18-8-1-3-9-20(18)24-23(19)28/h1-4,7-10,13-14H,5-6,11-12,15H2,(H,24,28). The number of nitrogens with zero attached hydrogens (tertiary/aromatic N) is 2. The van der Waals surface area contributed by atoms with Gasteiger partial charge < -0.3 is 14.8 Å². The van der Waals surface area contributed by atoms with E-state index >= 15 is 0 Å². The lowest BCUT2D eigenvalue weighted by Gasteiger charge is -2.15. The summed E-state index contributed by atoms with van der Waals surface area (Å²) in [7, 11) is 0. The summed E-state index contributed by atoms with van der Waals surface area (Å²) in [4.78, 5) is 27.1. The van der Waals surface area contributed by atoms with Gasteiger partial charge in [0, 0.05) is 52.6 Å². The number of nitrogens with one attached hydrogen (secondary N) is 1. The fourth-order valence-electron chi connectivity index (χ4n) is 4.17. The molecule has 0 spiro atoms. The van der Waals surface area contributed by atoms with Gasteiger partial charge >= 0.3 is 0 Å². The molecule has 2 aliphatic heterocycles. The number of hydrogen-bond acceptors (Lipinski definition) is 2. The lowest BCUT2D eigenvalue weighted by molar-refractivity contribution is -0.130. The highest BCUT2D eigenvalue weighted by molar-refractivity contribution is 6.35. The van der Waals surface area contributed by atoms with Crippen LogP contribution in [0.15, 0.2) is 54.7 Å². The average molecular weight is 371 g/mol. The van der Waals surface area contributed by atoms with E-state index in [1.807, 2.05) is 70.3 Å². The highest BCUT2D eigenvalue weighted by atomic mass is 16.2. The Morgan fingerprint density at radius 3 is 2.64 bits per heavy atom. The number of benzene rings is 2. The molecule has 0 saturated carbocycles. The molecule has 1 fully saturated rings. The molecule has 5 heteroatoms. The molecular weight excluding hydrogens is 350 g/mol. The molecule has 140 valence electrons. The van der Waals surface area contributed by atoms with E-state index < -0.39 is 0 Å². The molecule has 0 atom stereocenters. The number of hydrogen-bond donors (Lipinski definition) is 1. The van der Waals surface area contributed by atoms with Gasteiger partial charge in [-0.3, -0.25) is 9.59 Å². The van der Waals surface area contributed by atoms with Crippen molar-refractivity contribution in [3.8, 4) is 0 Å². The monoisotopic (exact) mass is 371 g/mol. The van der Waals surface area contributed by atoms with Crippen molar-refractivity contribution in [2.45, 2.75) is 19.4 Å². The van der Waals surface area contributed by atoms with Gasteiger partial charge in [-0.1, -0.05) is 36.4 Å². The van der Waals surface area contributed by atoms with Crippen LogP contribution in [-0.4, -0.2) is 34.4 Å². The second-order valence-electron chi connectivity index (χ2n) is 7.38. The van der Waals surface area contributed by atoms with Crippen molar-refractivity contribution in [2.75, 3.05) is 18.4 Å². The number of carbonyl (C=O) groups is 2. The van der Waals surface area contributed by atoms with Crippen molar-refractivity contribution < 1.29 is 9.59 Å². The van der Waals surface area contributed by atoms with E-state index in [4.69, 9.17) is 0 Å². The third-order valence-electron chi connectivity index (χ3n) is 5.59. The van der Waals surface area contributed by atoms with Crippen LogP contribution in [0.1, 0.15) is 24.0 Å². The Labute approximate surface area is 163 Å². The fraction of sp³-hybridized carbons (Fsp3) is 0.217. The largest absolute Gasteiger partial charge is 0.341 e. The number of para-hydroxylation sites is 2. The summed E-state index contributed by atoms with van der Waals surface area (Å²) in [6, 6.07) is 15.7. The molecule has 1 N–H and O–H groups in total. The third kappa shape index (κ3) is 2.80. The Kier molecular flexibility index (Phi) is 4.01. The first-order valence-corrected chi connectivity index (χ1v) is 9.69. The maximum atomic E-state index is 12.7. The molecule has 0 aliphatic carbocycles. The zero-order valence-electron chi connectivity index (χ0n) is 15.5. The fourth-order valence-corrected chi connectivity index (χ4v) is 4.17. The van der Waals surface area contributed by atoms with E-state index in [2.05, 4.69) is 5.32 Å². The minimum atomic E-state index is -0.0915. The topological polar surface area (TPSA) is 54.3 Å². The van der Waals surface area contributed by atoms with Crippen molar-refractivity contribution in [3.63, 3.8) is 0 Å². The average Bonchev–Trinajstić information content (AvgIpc) is 3.42. The molecule has 5 rings (SSSR count). The molecule has 28 heavy (non-hydrogen) atoms. The van der Waals surface area contributed by atoms with Crippen molar-refractivity contribution >= 4 is 40.1 Å². The molecule has 5 nitrogen and oxygen atoms in total. The Bertz CT molecular complexity index is 1120.